The lowest BCUT2D eigenvalue weighted by molar-refractivity contribution is 0.0178. The van der Waals surface area contributed by atoms with Crippen molar-refractivity contribution < 1.29 is 24.1 Å². The quantitative estimate of drug-likeness (QED) is 0.572. The highest BCUT2D eigenvalue weighted by Gasteiger charge is 2.29. The Labute approximate surface area is 216 Å². The zero-order valence-corrected chi connectivity index (χ0v) is 22.3. The van der Waals surface area contributed by atoms with Crippen LogP contribution in [-0.4, -0.2) is 76.7 Å². The summed E-state index contributed by atoms with van der Waals surface area (Å²) in [7, 11) is 0. The van der Waals surface area contributed by atoms with Crippen LogP contribution in [0, 0.1) is 0 Å². The first kappa shape index (κ1) is 26.0. The number of ether oxygens (including phenoxy) is 3. The van der Waals surface area contributed by atoms with E-state index in [2.05, 4.69) is 26.2 Å². The summed E-state index contributed by atoms with van der Waals surface area (Å²) in [5.74, 6) is -0.220. The average Bonchev–Trinajstić information content (AvgIpc) is 2.79. The maximum absolute atomic E-state index is 12.8. The van der Waals surface area contributed by atoms with Gasteiger partial charge >= 0.3 is 11.8 Å². The summed E-state index contributed by atoms with van der Waals surface area (Å²) < 4.78 is 19.1. The van der Waals surface area contributed by atoms with Crippen LogP contribution in [0.25, 0.3) is 10.9 Å². The van der Waals surface area contributed by atoms with Crippen molar-refractivity contribution >= 4 is 44.5 Å². The van der Waals surface area contributed by atoms with E-state index in [4.69, 9.17) is 25.8 Å². The minimum Gasteiger partial charge on any atom is -0.493 e. The van der Waals surface area contributed by atoms with Crippen LogP contribution in [0.3, 0.4) is 0 Å². The lowest BCUT2D eigenvalue weighted by Crippen LogP contribution is -2.55. The molecule has 35 heavy (non-hydrogen) atoms. The van der Waals surface area contributed by atoms with Crippen molar-refractivity contribution in [3.63, 3.8) is 0 Å². The van der Waals surface area contributed by atoms with Gasteiger partial charge in [-0.2, -0.15) is 4.98 Å². The molecule has 1 aromatic carbocycles. The molecule has 1 atom stereocenters. The number of halogens is 2. The molecule has 2 aliphatic heterocycles. The molecule has 10 nitrogen and oxygen atoms in total. The van der Waals surface area contributed by atoms with Crippen LogP contribution in [0.1, 0.15) is 39.7 Å². The Balaban J connectivity index is 1.61. The Morgan fingerprint density at radius 1 is 1.37 bits per heavy atom. The maximum Gasteiger partial charge on any atom is 0.410 e. The second kappa shape index (κ2) is 10.5. The molecule has 2 aromatic rings. The summed E-state index contributed by atoms with van der Waals surface area (Å²) in [5.41, 5.74) is -0.640. The molecule has 1 unspecified atom stereocenters. The smallest absolute Gasteiger partial charge is 0.410 e. The van der Waals surface area contributed by atoms with Crippen LogP contribution in [0.4, 0.5) is 4.79 Å². The zero-order valence-electron chi connectivity index (χ0n) is 20.0. The first-order valence-corrected chi connectivity index (χ1v) is 12.8. The van der Waals surface area contributed by atoms with Gasteiger partial charge in [-0.05, 0) is 55.6 Å². The second-order valence-corrected chi connectivity index (χ2v) is 10.9. The molecule has 2 fully saturated rings. The number of benzene rings is 1. The van der Waals surface area contributed by atoms with E-state index in [0.29, 0.717) is 55.7 Å². The molecular weight excluding hydrogens is 544 g/mol. The Morgan fingerprint density at radius 3 is 2.77 bits per heavy atom. The highest BCUT2D eigenvalue weighted by Crippen LogP contribution is 2.43. The van der Waals surface area contributed by atoms with Gasteiger partial charge < -0.3 is 29.5 Å². The Bertz CT molecular complexity index is 1160. The summed E-state index contributed by atoms with van der Waals surface area (Å²) in [5, 5.41) is 14.5. The molecule has 0 bridgehead atoms. The minimum absolute atomic E-state index is 0.116. The summed E-state index contributed by atoms with van der Waals surface area (Å²) in [6.07, 6.45) is 0.937. The van der Waals surface area contributed by atoms with Gasteiger partial charge in [0.05, 0.1) is 16.6 Å². The van der Waals surface area contributed by atoms with Crippen LogP contribution in [0.2, 0.25) is 5.02 Å². The summed E-state index contributed by atoms with van der Waals surface area (Å²) in [4.78, 5) is 30.8. The van der Waals surface area contributed by atoms with Crippen molar-refractivity contribution in [2.24, 2.45) is 0 Å². The fourth-order valence-electron chi connectivity index (χ4n) is 4.34. The normalized spacial score (nSPS) is 19.7. The van der Waals surface area contributed by atoms with Gasteiger partial charge in [0.15, 0.2) is 5.75 Å². The number of hydrogen-bond acceptors (Lipinski definition) is 8. The molecule has 3 heterocycles. The van der Waals surface area contributed by atoms with Crippen LogP contribution in [-0.2, 0) is 9.47 Å². The largest absolute Gasteiger partial charge is 0.493 e. The number of fused-ring (bicyclic) bond motifs is 1. The fourth-order valence-corrected chi connectivity index (χ4v) is 4.95. The molecule has 0 spiro atoms. The molecule has 192 valence electrons. The van der Waals surface area contributed by atoms with Crippen molar-refractivity contribution in [3.8, 4) is 11.6 Å². The molecule has 2 N–H and O–H groups in total. The predicted octanol–water partition coefficient (Wildman–Crippen LogP) is 3.46. The van der Waals surface area contributed by atoms with Gasteiger partial charge in [0.1, 0.15) is 17.6 Å². The fraction of sp³-hybridized carbons (Fsp3) is 0.609. The van der Waals surface area contributed by atoms with E-state index in [1.165, 1.54) is 0 Å². The molecular formula is C23H30BrClN4O6. The Morgan fingerprint density at radius 2 is 2.09 bits per heavy atom. The third kappa shape index (κ3) is 5.84. The van der Waals surface area contributed by atoms with Gasteiger partial charge in [-0.25, -0.2) is 9.59 Å². The van der Waals surface area contributed by atoms with Crippen molar-refractivity contribution in [1.82, 2.24) is 19.8 Å². The number of nitrogens with one attached hydrogen (secondary N) is 1. The molecule has 1 amide bonds. The van der Waals surface area contributed by atoms with Crippen LogP contribution < -0.4 is 15.7 Å². The number of nitrogens with zero attached hydrogens (tertiary/aromatic N) is 3. The SMILES string of the molecule is CC(C)(C)OC(=O)N1CCNC(COc2c(Cl)c(Br)cc3c2c(O)nc(=O)n3C2CCOCC2)C1. The molecule has 0 aliphatic carbocycles. The van der Waals surface area contributed by atoms with Crippen molar-refractivity contribution in [2.45, 2.75) is 51.3 Å². The van der Waals surface area contributed by atoms with Gasteiger partial charge in [0.25, 0.3) is 0 Å². The van der Waals surface area contributed by atoms with E-state index in [9.17, 15) is 14.7 Å². The average molecular weight is 574 g/mol. The molecule has 0 saturated carbocycles. The maximum atomic E-state index is 12.8. The van der Waals surface area contributed by atoms with Crippen LogP contribution >= 0.6 is 27.5 Å². The van der Waals surface area contributed by atoms with Gasteiger partial charge in [-0.15, -0.1) is 0 Å². The van der Waals surface area contributed by atoms with Crippen LogP contribution in [0.5, 0.6) is 11.6 Å². The van der Waals surface area contributed by atoms with E-state index in [1.807, 2.05) is 20.8 Å². The number of piperazine rings is 1. The summed E-state index contributed by atoms with van der Waals surface area (Å²) >= 11 is 10.0. The van der Waals surface area contributed by atoms with Crippen molar-refractivity contribution in [3.05, 3.63) is 26.0 Å². The van der Waals surface area contributed by atoms with Gasteiger partial charge in [-0.3, -0.25) is 4.57 Å². The topological polar surface area (TPSA) is 115 Å². The number of aromatic nitrogens is 2. The number of amides is 1. The number of hydrogen-bond donors (Lipinski definition) is 2. The van der Waals surface area contributed by atoms with Gasteiger partial charge in [0.2, 0.25) is 5.88 Å². The highest BCUT2D eigenvalue weighted by molar-refractivity contribution is 9.10. The lowest BCUT2D eigenvalue weighted by atomic mass is 10.1. The van der Waals surface area contributed by atoms with Gasteiger partial charge in [-0.1, -0.05) is 11.6 Å². The number of aromatic hydroxyl groups is 1. The van der Waals surface area contributed by atoms with E-state index in [1.54, 1.807) is 15.5 Å². The van der Waals surface area contributed by atoms with Gasteiger partial charge in [0, 0.05) is 43.4 Å². The summed E-state index contributed by atoms with van der Waals surface area (Å²) in [6.45, 7) is 8.22. The zero-order chi connectivity index (χ0) is 25.3. The standard InChI is InChI=1S/C23H30BrClN4O6/c1-23(2,3)35-22(32)28-7-6-26-13(11-28)12-34-19-17-16(10-15(24)18(19)25)29(21(31)27-20(17)30)14-4-8-33-9-5-14/h10,13-14,26H,4-9,11-12H2,1-3H3,(H,27,30,31). The van der Waals surface area contributed by atoms with E-state index in [0.717, 1.165) is 0 Å². The molecule has 0 radical (unpaired) electrons. The molecule has 4 rings (SSSR count). The Kier molecular flexibility index (Phi) is 7.80. The van der Waals surface area contributed by atoms with E-state index < -0.39 is 17.2 Å². The van der Waals surface area contributed by atoms with Crippen molar-refractivity contribution in [1.29, 1.82) is 0 Å². The highest BCUT2D eigenvalue weighted by atomic mass is 79.9. The third-order valence-corrected chi connectivity index (χ3v) is 7.17. The number of rotatable bonds is 4. The van der Waals surface area contributed by atoms with E-state index in [-0.39, 0.29) is 40.9 Å². The molecule has 1 aromatic heterocycles. The first-order valence-electron chi connectivity index (χ1n) is 11.6. The van der Waals surface area contributed by atoms with E-state index >= 15 is 0 Å². The Hall–Kier alpha value is -2.08. The number of carbonyl (C=O) groups excluding carboxylic acids is 1. The number of carbonyl (C=O) groups is 1. The van der Waals surface area contributed by atoms with Crippen LogP contribution in [0.15, 0.2) is 15.3 Å². The predicted molar refractivity (Wildman–Crippen MR) is 135 cm³/mol. The second-order valence-electron chi connectivity index (χ2n) is 9.72. The third-order valence-electron chi connectivity index (χ3n) is 5.94. The molecule has 2 saturated heterocycles. The molecule has 12 heteroatoms. The minimum atomic E-state index is -0.582. The summed E-state index contributed by atoms with van der Waals surface area (Å²) in [6, 6.07) is 1.39. The molecule has 2 aliphatic rings. The van der Waals surface area contributed by atoms with Crippen molar-refractivity contribution in [2.75, 3.05) is 39.5 Å². The lowest BCUT2D eigenvalue weighted by Gasteiger charge is -2.34. The monoisotopic (exact) mass is 572 g/mol. The first-order chi connectivity index (χ1) is 16.5.